The van der Waals surface area contributed by atoms with Gasteiger partial charge in [-0.1, -0.05) is 336 Å². The van der Waals surface area contributed by atoms with Crippen LogP contribution in [0.15, 0.2) is 97.2 Å². The quantitative estimate of drug-likeness (QED) is 0.0199. The molecule has 0 saturated carbocycles. The molecule has 12 N–H and O–H groups in total. The van der Waals surface area contributed by atoms with Crippen molar-refractivity contribution in [3.63, 3.8) is 0 Å². The van der Waals surface area contributed by atoms with Gasteiger partial charge in [0.05, 0.1) is 38.6 Å². The van der Waals surface area contributed by atoms with Crippen LogP contribution in [0.5, 0.6) is 0 Å². The average molecular weight is 1530 g/mol. The van der Waals surface area contributed by atoms with E-state index in [0.29, 0.717) is 12.8 Å². The molecule has 3 heterocycles. The fourth-order valence-corrected chi connectivity index (χ4v) is 14.2. The zero-order valence-corrected chi connectivity index (χ0v) is 67.3. The molecule has 3 aliphatic heterocycles. The van der Waals surface area contributed by atoms with Gasteiger partial charge in [-0.25, -0.2) is 0 Å². The van der Waals surface area contributed by atoms with Gasteiger partial charge in [0.1, 0.15) is 73.2 Å². The van der Waals surface area contributed by atoms with Gasteiger partial charge in [-0.05, 0) is 83.5 Å². The van der Waals surface area contributed by atoms with Crippen LogP contribution in [-0.4, -0.2) is 193 Å². The first-order valence-electron chi connectivity index (χ1n) is 43.5. The Morgan fingerprint density at radius 2 is 0.648 bits per heavy atom. The number of nitrogens with one attached hydrogen (secondary N) is 1. The molecule has 3 aliphatic rings. The maximum Gasteiger partial charge on any atom is 0.220 e. The zero-order chi connectivity index (χ0) is 78.1. The summed E-state index contributed by atoms with van der Waals surface area (Å²) >= 11 is 0. The Kier molecular flexibility index (Phi) is 62.4. The standard InChI is InChI=1S/C89H157NO18/c1-3-5-7-9-11-13-15-17-19-21-23-25-27-29-31-33-34-35-36-37-38-39-41-43-45-47-49-51-53-55-57-59-61-63-65-67-77(95)90-72(73(94)66-64-62-60-58-56-54-52-50-48-46-44-42-40-32-30-28-26-24-22-20-18-16-14-12-10-8-6-4-2)71-103-87-83(101)80(98)85(75(69-92)105-87)108-89-84(102)81(99)86(76(70-93)106-89)107-88-82(100)79(97)78(96)74(68-91)104-88/h5,7,11,13,17,19,23,25,29,31,34-35,56,58,64,66,72-76,78-89,91-94,96-102H,3-4,6,8-10,12,14-16,18,20-22,24,26-28,30,32-33,36-55,57,59-63,65,67-71H2,1-2H3,(H,90,95)/b7-5-,13-11-,19-17-,25-23-,31-29-,35-34-,58-56+,66-64+. The van der Waals surface area contributed by atoms with Crippen LogP contribution < -0.4 is 5.32 Å². The maximum atomic E-state index is 13.5. The predicted octanol–water partition coefficient (Wildman–Crippen LogP) is 15.9. The third-order valence-corrected chi connectivity index (χ3v) is 21.1. The lowest BCUT2D eigenvalue weighted by Gasteiger charge is -2.48. The van der Waals surface area contributed by atoms with Gasteiger partial charge in [-0.15, -0.1) is 0 Å². The number of ether oxygens (including phenoxy) is 6. The van der Waals surface area contributed by atoms with Gasteiger partial charge in [0, 0.05) is 6.42 Å². The van der Waals surface area contributed by atoms with Gasteiger partial charge < -0.3 is 89.9 Å². The first kappa shape index (κ1) is 98.9. The Hall–Kier alpha value is -3.29. The molecule has 0 bridgehead atoms. The van der Waals surface area contributed by atoms with E-state index >= 15 is 0 Å². The number of allylic oxidation sites excluding steroid dienone is 15. The Labute approximate surface area is 653 Å². The van der Waals surface area contributed by atoms with E-state index in [1.54, 1.807) is 6.08 Å². The summed E-state index contributed by atoms with van der Waals surface area (Å²) < 4.78 is 34.5. The predicted molar refractivity (Wildman–Crippen MR) is 434 cm³/mol. The molecule has 17 atom stereocenters. The third-order valence-electron chi connectivity index (χ3n) is 21.1. The largest absolute Gasteiger partial charge is 0.394 e. The van der Waals surface area contributed by atoms with Crippen molar-refractivity contribution >= 4 is 5.91 Å². The molecule has 108 heavy (non-hydrogen) atoms. The average Bonchev–Trinajstić information content (AvgIpc) is 0.774. The van der Waals surface area contributed by atoms with E-state index in [1.807, 2.05) is 6.08 Å². The maximum absolute atomic E-state index is 13.5. The Bertz CT molecular complexity index is 2330. The molecule has 0 aromatic heterocycles. The van der Waals surface area contributed by atoms with E-state index in [0.717, 1.165) is 77.0 Å². The van der Waals surface area contributed by atoms with Crippen LogP contribution >= 0.6 is 0 Å². The highest BCUT2D eigenvalue weighted by atomic mass is 16.8. The number of rotatable bonds is 69. The van der Waals surface area contributed by atoms with Gasteiger partial charge in [0.15, 0.2) is 18.9 Å². The summed E-state index contributed by atoms with van der Waals surface area (Å²) in [7, 11) is 0. The molecule has 19 nitrogen and oxygen atoms in total. The fourth-order valence-electron chi connectivity index (χ4n) is 14.2. The van der Waals surface area contributed by atoms with E-state index in [4.69, 9.17) is 28.4 Å². The van der Waals surface area contributed by atoms with Crippen LogP contribution in [0.25, 0.3) is 0 Å². The second-order valence-electron chi connectivity index (χ2n) is 30.6. The van der Waals surface area contributed by atoms with E-state index in [-0.39, 0.29) is 18.9 Å². The molecule has 3 rings (SSSR count). The topological polar surface area (TPSA) is 307 Å². The lowest BCUT2D eigenvalue weighted by Crippen LogP contribution is -2.66. The number of hydrogen-bond acceptors (Lipinski definition) is 18. The molecule has 0 aromatic carbocycles. The van der Waals surface area contributed by atoms with Crippen molar-refractivity contribution in [2.75, 3.05) is 26.4 Å². The first-order valence-corrected chi connectivity index (χ1v) is 43.5. The number of carbonyl (C=O) groups is 1. The van der Waals surface area contributed by atoms with Crippen LogP contribution in [0.4, 0.5) is 0 Å². The smallest absolute Gasteiger partial charge is 0.220 e. The van der Waals surface area contributed by atoms with Crippen molar-refractivity contribution in [1.82, 2.24) is 5.32 Å². The minimum absolute atomic E-state index is 0.232. The Morgan fingerprint density at radius 1 is 0.343 bits per heavy atom. The molecule has 0 aromatic rings. The van der Waals surface area contributed by atoms with Crippen LogP contribution in [0.3, 0.4) is 0 Å². The molecule has 0 radical (unpaired) electrons. The SMILES string of the molecule is CC/C=C\C/C=C\C/C=C\C/C=C\C/C=C\C/C=C\CCCCCCCCCCCCCCCCCCC(=O)NC(COC1OC(CO)C(OC2OC(CO)C(OC3OC(CO)C(O)C(O)C3O)C(O)C2O)C(O)C1O)C(O)/C=C/CC/C=C/CCCCCCCCCCCCCCCCCCCCCCCC. The fraction of sp³-hybridized carbons (Fsp3) is 0.809. The number of aliphatic hydroxyl groups excluding tert-OH is 11. The number of unbranched alkanes of at least 4 members (excludes halogenated alkanes) is 39. The minimum atomic E-state index is -1.99. The summed E-state index contributed by atoms with van der Waals surface area (Å²) in [4.78, 5) is 13.5. The molecule has 17 unspecified atom stereocenters. The molecule has 1 amide bonds. The zero-order valence-electron chi connectivity index (χ0n) is 67.3. The summed E-state index contributed by atoms with van der Waals surface area (Å²) in [6.07, 6.45) is 66.9. The summed E-state index contributed by atoms with van der Waals surface area (Å²) in [6, 6.07) is -0.997. The van der Waals surface area contributed by atoms with Crippen LogP contribution in [0.2, 0.25) is 0 Å². The number of aliphatic hydroxyl groups is 11. The highest BCUT2D eigenvalue weighted by molar-refractivity contribution is 5.76. The second-order valence-corrected chi connectivity index (χ2v) is 30.6. The van der Waals surface area contributed by atoms with Gasteiger partial charge in [0.2, 0.25) is 5.91 Å². The van der Waals surface area contributed by atoms with Crippen molar-refractivity contribution in [2.45, 2.75) is 433 Å². The van der Waals surface area contributed by atoms with E-state index < -0.39 is 124 Å². The van der Waals surface area contributed by atoms with Crippen LogP contribution in [0.1, 0.15) is 328 Å². The molecule has 19 heteroatoms. The molecule has 3 fully saturated rings. The van der Waals surface area contributed by atoms with Gasteiger partial charge in [-0.2, -0.15) is 0 Å². The molecule has 626 valence electrons. The summed E-state index contributed by atoms with van der Waals surface area (Å²) in [5.74, 6) is -0.284. The van der Waals surface area contributed by atoms with Crippen molar-refractivity contribution in [2.24, 2.45) is 0 Å². The highest BCUT2D eigenvalue weighted by Crippen LogP contribution is 2.33. The van der Waals surface area contributed by atoms with Crippen molar-refractivity contribution in [3.8, 4) is 0 Å². The Balaban J connectivity index is 1.35. The molecule has 0 aliphatic carbocycles. The lowest BCUT2D eigenvalue weighted by atomic mass is 9.96. The summed E-state index contributed by atoms with van der Waals surface area (Å²) in [5, 5.41) is 121. The van der Waals surface area contributed by atoms with Gasteiger partial charge >= 0.3 is 0 Å². The van der Waals surface area contributed by atoms with E-state index in [9.17, 15) is 61.0 Å². The van der Waals surface area contributed by atoms with Crippen molar-refractivity contribution < 1.29 is 89.4 Å². The third kappa shape index (κ3) is 46.8. The molecular weight excluding hydrogens is 1370 g/mol. The van der Waals surface area contributed by atoms with Crippen molar-refractivity contribution in [1.29, 1.82) is 0 Å². The monoisotopic (exact) mass is 1530 g/mol. The summed E-state index contributed by atoms with van der Waals surface area (Å²) in [6.45, 7) is 1.64. The van der Waals surface area contributed by atoms with Crippen LogP contribution in [0, 0.1) is 0 Å². The first-order chi connectivity index (χ1) is 52.8. The van der Waals surface area contributed by atoms with Crippen LogP contribution in [-0.2, 0) is 33.2 Å². The Morgan fingerprint density at radius 3 is 1.04 bits per heavy atom. The van der Waals surface area contributed by atoms with E-state index in [2.05, 4.69) is 104 Å². The molecule has 0 spiro atoms. The van der Waals surface area contributed by atoms with Gasteiger partial charge in [0.25, 0.3) is 0 Å². The number of carbonyl (C=O) groups excluding carboxylic acids is 1. The van der Waals surface area contributed by atoms with Gasteiger partial charge in [-0.3, -0.25) is 4.79 Å². The lowest BCUT2D eigenvalue weighted by molar-refractivity contribution is -0.379. The second kappa shape index (κ2) is 68.1. The molecular formula is C89H157NO18. The molecule has 3 saturated heterocycles. The van der Waals surface area contributed by atoms with E-state index in [1.165, 1.54) is 218 Å². The minimum Gasteiger partial charge on any atom is -0.394 e. The number of hydrogen-bond donors (Lipinski definition) is 12. The number of amides is 1. The normalized spacial score (nSPS) is 25.9. The van der Waals surface area contributed by atoms with Crippen molar-refractivity contribution in [3.05, 3.63) is 97.2 Å². The highest BCUT2D eigenvalue weighted by Gasteiger charge is 2.54. The summed E-state index contributed by atoms with van der Waals surface area (Å²) in [5.41, 5.74) is 0.